The van der Waals surface area contributed by atoms with Crippen molar-refractivity contribution in [2.75, 3.05) is 0 Å². The van der Waals surface area contributed by atoms with E-state index in [9.17, 15) is 0 Å². The number of hydrogen-bond donors (Lipinski definition) is 0. The SMILES string of the molecule is c1ccc(-c2cn(C[C@@H]3Cn4nncc4CO3)nn2)cc1. The second-order valence-electron chi connectivity index (χ2n) is 5.03. The Morgan fingerprint density at radius 2 is 2.10 bits per heavy atom. The Kier molecular flexibility index (Phi) is 2.97. The van der Waals surface area contributed by atoms with Crippen molar-refractivity contribution in [1.82, 2.24) is 30.0 Å². The molecule has 4 rings (SSSR count). The van der Waals surface area contributed by atoms with Crippen LogP contribution in [0.15, 0.2) is 42.7 Å². The van der Waals surface area contributed by atoms with Crippen LogP contribution < -0.4 is 0 Å². The van der Waals surface area contributed by atoms with Crippen molar-refractivity contribution in [3.63, 3.8) is 0 Å². The van der Waals surface area contributed by atoms with Crippen molar-refractivity contribution >= 4 is 0 Å². The summed E-state index contributed by atoms with van der Waals surface area (Å²) in [7, 11) is 0. The third kappa shape index (κ3) is 2.43. The molecule has 0 saturated carbocycles. The van der Waals surface area contributed by atoms with Crippen LogP contribution in [0.25, 0.3) is 11.3 Å². The number of fused-ring (bicyclic) bond motifs is 1. The molecule has 106 valence electrons. The maximum absolute atomic E-state index is 5.79. The first kappa shape index (κ1) is 12.2. The normalized spacial score (nSPS) is 17.6. The summed E-state index contributed by atoms with van der Waals surface area (Å²) in [6.45, 7) is 1.88. The zero-order valence-corrected chi connectivity index (χ0v) is 11.3. The molecule has 7 heteroatoms. The first-order valence-electron chi connectivity index (χ1n) is 6.83. The molecule has 0 saturated heterocycles. The molecule has 3 aromatic rings. The number of nitrogens with zero attached hydrogens (tertiary/aromatic N) is 6. The smallest absolute Gasteiger partial charge is 0.113 e. The highest BCUT2D eigenvalue weighted by atomic mass is 16.5. The van der Waals surface area contributed by atoms with E-state index in [-0.39, 0.29) is 6.10 Å². The van der Waals surface area contributed by atoms with Crippen LogP contribution in [0, 0.1) is 0 Å². The lowest BCUT2D eigenvalue weighted by Gasteiger charge is -2.23. The summed E-state index contributed by atoms with van der Waals surface area (Å²) < 4.78 is 9.48. The number of ether oxygens (including phenoxy) is 1. The molecule has 0 amide bonds. The Morgan fingerprint density at radius 3 is 3.00 bits per heavy atom. The Labute approximate surface area is 121 Å². The Hall–Kier alpha value is -2.54. The van der Waals surface area contributed by atoms with E-state index in [1.165, 1.54) is 0 Å². The van der Waals surface area contributed by atoms with E-state index in [0.29, 0.717) is 19.7 Å². The summed E-state index contributed by atoms with van der Waals surface area (Å²) in [5, 5.41) is 16.3. The maximum atomic E-state index is 5.79. The second-order valence-corrected chi connectivity index (χ2v) is 5.03. The lowest BCUT2D eigenvalue weighted by molar-refractivity contribution is -0.0117. The molecule has 0 spiro atoms. The molecule has 7 nitrogen and oxygen atoms in total. The summed E-state index contributed by atoms with van der Waals surface area (Å²) in [6.07, 6.45) is 3.71. The van der Waals surface area contributed by atoms with Gasteiger partial charge in [0.1, 0.15) is 5.69 Å². The highest BCUT2D eigenvalue weighted by Gasteiger charge is 2.20. The largest absolute Gasteiger partial charge is 0.368 e. The predicted octanol–water partition coefficient (Wildman–Crippen LogP) is 1.14. The van der Waals surface area contributed by atoms with E-state index < -0.39 is 0 Å². The molecule has 1 aliphatic rings. The van der Waals surface area contributed by atoms with E-state index in [0.717, 1.165) is 17.0 Å². The number of rotatable bonds is 3. The van der Waals surface area contributed by atoms with Crippen molar-refractivity contribution in [1.29, 1.82) is 0 Å². The average molecular weight is 282 g/mol. The van der Waals surface area contributed by atoms with Crippen molar-refractivity contribution < 1.29 is 4.74 Å². The minimum absolute atomic E-state index is 0.0320. The lowest BCUT2D eigenvalue weighted by atomic mass is 10.2. The standard InChI is InChI=1S/C14H14N6O/c1-2-4-11(5-3-1)14-9-19(18-16-14)7-13-8-20-12(10-21-13)6-15-17-20/h1-6,9,13H,7-8,10H2/t13-/m1/s1. The minimum Gasteiger partial charge on any atom is -0.368 e. The van der Waals surface area contributed by atoms with Gasteiger partial charge < -0.3 is 4.74 Å². The number of aromatic nitrogens is 6. The van der Waals surface area contributed by atoms with E-state index >= 15 is 0 Å². The Morgan fingerprint density at radius 1 is 1.19 bits per heavy atom. The van der Waals surface area contributed by atoms with Crippen LogP contribution in [-0.4, -0.2) is 36.1 Å². The molecule has 0 bridgehead atoms. The van der Waals surface area contributed by atoms with Gasteiger partial charge >= 0.3 is 0 Å². The predicted molar refractivity (Wildman–Crippen MR) is 74.1 cm³/mol. The van der Waals surface area contributed by atoms with Crippen molar-refractivity contribution in [2.24, 2.45) is 0 Å². The third-order valence-electron chi connectivity index (χ3n) is 3.54. The highest BCUT2D eigenvalue weighted by molar-refractivity contribution is 5.57. The topological polar surface area (TPSA) is 70.7 Å². The summed E-state index contributed by atoms with van der Waals surface area (Å²) in [4.78, 5) is 0. The summed E-state index contributed by atoms with van der Waals surface area (Å²) in [5.41, 5.74) is 2.94. The lowest BCUT2D eigenvalue weighted by Crippen LogP contribution is -2.31. The molecule has 3 heterocycles. The molecule has 0 fully saturated rings. The molecule has 1 aliphatic heterocycles. The van der Waals surface area contributed by atoms with Crippen LogP contribution in [0.4, 0.5) is 0 Å². The van der Waals surface area contributed by atoms with Gasteiger partial charge in [-0.05, 0) is 0 Å². The van der Waals surface area contributed by atoms with E-state index in [1.54, 1.807) is 6.20 Å². The quantitative estimate of drug-likeness (QED) is 0.720. The van der Waals surface area contributed by atoms with E-state index in [2.05, 4.69) is 20.6 Å². The first-order valence-corrected chi connectivity index (χ1v) is 6.83. The number of benzene rings is 1. The highest BCUT2D eigenvalue weighted by Crippen LogP contribution is 2.17. The summed E-state index contributed by atoms with van der Waals surface area (Å²) in [6, 6.07) is 10.0. The minimum atomic E-state index is 0.0320. The van der Waals surface area contributed by atoms with Gasteiger partial charge in [0.05, 0.1) is 43.9 Å². The van der Waals surface area contributed by atoms with Crippen LogP contribution in [0.2, 0.25) is 0 Å². The number of hydrogen-bond acceptors (Lipinski definition) is 5. The second kappa shape index (κ2) is 5.10. The van der Waals surface area contributed by atoms with Crippen molar-refractivity contribution in [3.8, 4) is 11.3 Å². The monoisotopic (exact) mass is 282 g/mol. The van der Waals surface area contributed by atoms with Gasteiger partial charge in [-0.2, -0.15) is 0 Å². The van der Waals surface area contributed by atoms with Crippen molar-refractivity contribution in [2.45, 2.75) is 25.8 Å². The van der Waals surface area contributed by atoms with Crippen LogP contribution in [-0.2, 0) is 24.4 Å². The fraction of sp³-hybridized carbons (Fsp3) is 0.286. The molecule has 0 N–H and O–H groups in total. The fourth-order valence-corrected chi connectivity index (χ4v) is 2.44. The van der Waals surface area contributed by atoms with Crippen LogP contribution in [0.1, 0.15) is 5.69 Å². The van der Waals surface area contributed by atoms with E-state index in [1.807, 2.05) is 45.9 Å². The fourth-order valence-electron chi connectivity index (χ4n) is 2.44. The Balaban J connectivity index is 1.48. The molecule has 0 unspecified atom stereocenters. The molecule has 0 aliphatic carbocycles. The molecule has 0 radical (unpaired) electrons. The van der Waals surface area contributed by atoms with Gasteiger partial charge in [-0.25, -0.2) is 9.36 Å². The van der Waals surface area contributed by atoms with Crippen molar-refractivity contribution in [3.05, 3.63) is 48.4 Å². The molecular formula is C14H14N6O. The zero-order valence-electron chi connectivity index (χ0n) is 11.3. The molecule has 2 aromatic heterocycles. The van der Waals surface area contributed by atoms with Gasteiger partial charge in [-0.15, -0.1) is 10.2 Å². The van der Waals surface area contributed by atoms with E-state index in [4.69, 9.17) is 4.74 Å². The van der Waals surface area contributed by atoms with Gasteiger partial charge in [0.15, 0.2) is 0 Å². The van der Waals surface area contributed by atoms with Crippen LogP contribution in [0.5, 0.6) is 0 Å². The van der Waals surface area contributed by atoms with Gasteiger partial charge in [-0.3, -0.25) is 0 Å². The van der Waals surface area contributed by atoms with Gasteiger partial charge in [0.2, 0.25) is 0 Å². The molecule has 1 aromatic carbocycles. The van der Waals surface area contributed by atoms with Crippen LogP contribution >= 0.6 is 0 Å². The molecule has 21 heavy (non-hydrogen) atoms. The van der Waals surface area contributed by atoms with Gasteiger partial charge in [0, 0.05) is 5.56 Å². The first-order chi connectivity index (χ1) is 10.4. The maximum Gasteiger partial charge on any atom is 0.113 e. The van der Waals surface area contributed by atoms with Gasteiger partial charge in [-0.1, -0.05) is 40.8 Å². The summed E-state index contributed by atoms with van der Waals surface area (Å²) >= 11 is 0. The molecular weight excluding hydrogens is 268 g/mol. The Bertz CT molecular complexity index is 735. The zero-order chi connectivity index (χ0) is 14.1. The average Bonchev–Trinajstić information content (AvgIpc) is 3.17. The van der Waals surface area contributed by atoms with Crippen LogP contribution in [0.3, 0.4) is 0 Å². The third-order valence-corrected chi connectivity index (χ3v) is 3.54. The molecule has 1 atom stereocenters. The summed E-state index contributed by atoms with van der Waals surface area (Å²) in [5.74, 6) is 0. The van der Waals surface area contributed by atoms with Gasteiger partial charge in [0.25, 0.3) is 0 Å².